The molecule has 1 aromatic rings. The molecule has 0 aliphatic carbocycles. The number of H-pyrrole nitrogens is 1. The van der Waals surface area contributed by atoms with Crippen LogP contribution in [0, 0.1) is 3.57 Å². The number of carbonyl (C=O) groups is 1. The van der Waals surface area contributed by atoms with E-state index in [2.05, 4.69) is 39.2 Å². The van der Waals surface area contributed by atoms with E-state index < -0.39 is 0 Å². The lowest BCUT2D eigenvalue weighted by Gasteiger charge is -2.00. The number of carbonyl (C=O) groups excluding carboxylic acids is 1. The van der Waals surface area contributed by atoms with Crippen LogP contribution in [0.2, 0.25) is 0 Å². The minimum absolute atomic E-state index is 0.286. The Morgan fingerprint density at radius 2 is 2.38 bits per heavy atom. The van der Waals surface area contributed by atoms with Crippen molar-refractivity contribution in [3.63, 3.8) is 0 Å². The highest BCUT2D eigenvalue weighted by Gasteiger charge is 2.15. The van der Waals surface area contributed by atoms with Crippen molar-refractivity contribution in [3.05, 3.63) is 21.0 Å². The van der Waals surface area contributed by atoms with Gasteiger partial charge >= 0.3 is 5.97 Å². The standard InChI is InChI=1S/C9H12INO2/c1-3-4-6-7(10)5-11-8(6)9(12)13-2/h5,11H,3-4H2,1-2H3. The molecule has 72 valence electrons. The van der Waals surface area contributed by atoms with Gasteiger partial charge in [0.2, 0.25) is 0 Å². The van der Waals surface area contributed by atoms with Crippen LogP contribution in [0.15, 0.2) is 6.20 Å². The molecule has 4 heteroatoms. The number of nitrogens with one attached hydrogen (secondary N) is 1. The molecule has 1 aromatic heterocycles. The van der Waals surface area contributed by atoms with Gasteiger partial charge in [-0.3, -0.25) is 0 Å². The number of hydrogen-bond donors (Lipinski definition) is 1. The van der Waals surface area contributed by atoms with Gasteiger partial charge in [0.05, 0.1) is 7.11 Å². The molecule has 0 aliphatic rings. The van der Waals surface area contributed by atoms with Crippen molar-refractivity contribution in [1.29, 1.82) is 0 Å². The van der Waals surface area contributed by atoms with E-state index >= 15 is 0 Å². The Morgan fingerprint density at radius 1 is 1.69 bits per heavy atom. The molecule has 0 bridgehead atoms. The predicted molar refractivity (Wildman–Crippen MR) is 58.8 cm³/mol. The molecule has 0 fully saturated rings. The number of aromatic nitrogens is 1. The third kappa shape index (κ3) is 2.24. The van der Waals surface area contributed by atoms with Crippen molar-refractivity contribution in [2.45, 2.75) is 19.8 Å². The number of rotatable bonds is 3. The number of aromatic amines is 1. The maximum absolute atomic E-state index is 11.3. The topological polar surface area (TPSA) is 42.1 Å². The molecule has 0 spiro atoms. The fraction of sp³-hybridized carbons (Fsp3) is 0.444. The molecule has 1 heterocycles. The third-order valence-electron chi connectivity index (χ3n) is 1.82. The average Bonchev–Trinajstić information content (AvgIpc) is 2.48. The highest BCUT2D eigenvalue weighted by molar-refractivity contribution is 14.1. The van der Waals surface area contributed by atoms with Crippen molar-refractivity contribution < 1.29 is 9.53 Å². The smallest absolute Gasteiger partial charge is 0.354 e. The Kier molecular flexibility index (Phi) is 3.77. The van der Waals surface area contributed by atoms with Crippen LogP contribution in [0.25, 0.3) is 0 Å². The number of methoxy groups -OCH3 is 1. The minimum Gasteiger partial charge on any atom is -0.464 e. The largest absolute Gasteiger partial charge is 0.464 e. The summed E-state index contributed by atoms with van der Waals surface area (Å²) in [5.74, 6) is -0.286. The molecule has 0 saturated carbocycles. The summed E-state index contributed by atoms with van der Waals surface area (Å²) in [5, 5.41) is 0. The third-order valence-corrected chi connectivity index (χ3v) is 2.79. The lowest BCUT2D eigenvalue weighted by molar-refractivity contribution is 0.0593. The van der Waals surface area contributed by atoms with Gasteiger partial charge in [-0.1, -0.05) is 13.3 Å². The van der Waals surface area contributed by atoms with E-state index in [0.29, 0.717) is 5.69 Å². The summed E-state index contributed by atoms with van der Waals surface area (Å²) in [4.78, 5) is 14.2. The normalized spacial score (nSPS) is 10.1. The van der Waals surface area contributed by atoms with Gasteiger partial charge < -0.3 is 9.72 Å². The Hall–Kier alpha value is -0.520. The van der Waals surface area contributed by atoms with E-state index in [4.69, 9.17) is 0 Å². The van der Waals surface area contributed by atoms with Crippen LogP contribution < -0.4 is 0 Å². The maximum Gasteiger partial charge on any atom is 0.354 e. The van der Waals surface area contributed by atoms with E-state index in [-0.39, 0.29) is 5.97 Å². The Balaban J connectivity index is 2.99. The second-order valence-electron chi connectivity index (χ2n) is 2.73. The number of esters is 1. The molecular weight excluding hydrogens is 281 g/mol. The van der Waals surface area contributed by atoms with Gasteiger partial charge in [-0.2, -0.15) is 0 Å². The summed E-state index contributed by atoms with van der Waals surface area (Å²) in [7, 11) is 1.39. The maximum atomic E-state index is 11.3. The number of hydrogen-bond acceptors (Lipinski definition) is 2. The summed E-state index contributed by atoms with van der Waals surface area (Å²) < 4.78 is 5.76. The number of halogens is 1. The van der Waals surface area contributed by atoms with Crippen molar-refractivity contribution in [2.24, 2.45) is 0 Å². The van der Waals surface area contributed by atoms with Crippen LogP contribution >= 0.6 is 22.6 Å². The Bertz CT molecular complexity index is 307. The summed E-state index contributed by atoms with van der Waals surface area (Å²) in [6.07, 6.45) is 3.77. The van der Waals surface area contributed by atoms with Gasteiger partial charge in [-0.05, 0) is 34.6 Å². The SMILES string of the molecule is CCCc1c(I)c[nH]c1C(=O)OC. The fourth-order valence-corrected chi connectivity index (χ4v) is 1.90. The van der Waals surface area contributed by atoms with Gasteiger partial charge in [0.25, 0.3) is 0 Å². The summed E-state index contributed by atoms with van der Waals surface area (Å²) >= 11 is 2.22. The van der Waals surface area contributed by atoms with Gasteiger partial charge in [-0.25, -0.2) is 4.79 Å². The Labute approximate surface area is 91.0 Å². The lowest BCUT2D eigenvalue weighted by atomic mass is 10.1. The van der Waals surface area contributed by atoms with E-state index in [1.165, 1.54) is 7.11 Å². The molecule has 13 heavy (non-hydrogen) atoms. The van der Waals surface area contributed by atoms with Crippen LogP contribution in [-0.4, -0.2) is 18.1 Å². The first-order chi connectivity index (χ1) is 6.20. The van der Waals surface area contributed by atoms with Crippen molar-refractivity contribution in [3.8, 4) is 0 Å². The number of ether oxygens (including phenoxy) is 1. The molecular formula is C9H12INO2. The van der Waals surface area contributed by atoms with Gasteiger partial charge in [0.1, 0.15) is 5.69 Å². The minimum atomic E-state index is -0.286. The van der Waals surface area contributed by atoms with Gasteiger partial charge in [0.15, 0.2) is 0 Å². The van der Waals surface area contributed by atoms with E-state index in [1.807, 2.05) is 6.20 Å². The molecule has 0 atom stereocenters. The molecule has 3 nitrogen and oxygen atoms in total. The van der Waals surface area contributed by atoms with Crippen molar-refractivity contribution in [1.82, 2.24) is 4.98 Å². The fourth-order valence-electron chi connectivity index (χ4n) is 1.21. The van der Waals surface area contributed by atoms with E-state index in [1.54, 1.807) is 0 Å². The van der Waals surface area contributed by atoms with Crippen LogP contribution in [0.4, 0.5) is 0 Å². The Morgan fingerprint density at radius 3 is 2.92 bits per heavy atom. The van der Waals surface area contributed by atoms with Gasteiger partial charge in [-0.15, -0.1) is 0 Å². The van der Waals surface area contributed by atoms with E-state index in [0.717, 1.165) is 22.0 Å². The first-order valence-electron chi connectivity index (χ1n) is 4.14. The zero-order valence-corrected chi connectivity index (χ0v) is 9.84. The monoisotopic (exact) mass is 293 g/mol. The average molecular weight is 293 g/mol. The molecule has 1 N–H and O–H groups in total. The summed E-state index contributed by atoms with van der Waals surface area (Å²) in [6, 6.07) is 0. The van der Waals surface area contributed by atoms with Crippen LogP contribution in [-0.2, 0) is 11.2 Å². The van der Waals surface area contributed by atoms with Crippen LogP contribution in [0.5, 0.6) is 0 Å². The quantitative estimate of drug-likeness (QED) is 0.686. The van der Waals surface area contributed by atoms with E-state index in [9.17, 15) is 4.79 Å². The second kappa shape index (κ2) is 4.64. The molecule has 0 unspecified atom stereocenters. The predicted octanol–water partition coefficient (Wildman–Crippen LogP) is 2.36. The van der Waals surface area contributed by atoms with Crippen molar-refractivity contribution >= 4 is 28.6 Å². The first-order valence-corrected chi connectivity index (χ1v) is 5.22. The molecule has 0 radical (unpaired) electrons. The van der Waals surface area contributed by atoms with Crippen LogP contribution in [0.1, 0.15) is 29.4 Å². The molecule has 0 amide bonds. The summed E-state index contributed by atoms with van der Waals surface area (Å²) in [6.45, 7) is 2.09. The zero-order valence-electron chi connectivity index (χ0n) is 7.69. The molecule has 0 aromatic carbocycles. The molecule has 1 rings (SSSR count). The highest BCUT2D eigenvalue weighted by atomic mass is 127. The highest BCUT2D eigenvalue weighted by Crippen LogP contribution is 2.18. The van der Waals surface area contributed by atoms with Crippen LogP contribution in [0.3, 0.4) is 0 Å². The molecule has 0 aliphatic heterocycles. The van der Waals surface area contributed by atoms with Gasteiger partial charge in [0, 0.05) is 9.77 Å². The lowest BCUT2D eigenvalue weighted by Crippen LogP contribution is -2.05. The zero-order chi connectivity index (χ0) is 9.84. The first kappa shape index (κ1) is 10.6. The second-order valence-corrected chi connectivity index (χ2v) is 3.89. The summed E-state index contributed by atoms with van der Waals surface area (Å²) in [5.41, 5.74) is 1.66. The van der Waals surface area contributed by atoms with Crippen molar-refractivity contribution in [2.75, 3.05) is 7.11 Å². The molecule has 0 saturated heterocycles.